The molecule has 0 bridgehead atoms. The minimum absolute atomic E-state index is 0.762. The Morgan fingerprint density at radius 2 is 2.19 bits per heavy atom. The smallest absolute Gasteiger partial charge is 0.106 e. The molecule has 3 nitrogen and oxygen atoms in total. The summed E-state index contributed by atoms with van der Waals surface area (Å²) in [5.41, 5.74) is 3.19. The van der Waals surface area contributed by atoms with E-state index >= 15 is 0 Å². The van der Waals surface area contributed by atoms with E-state index in [0.29, 0.717) is 0 Å². The molecule has 16 heavy (non-hydrogen) atoms. The summed E-state index contributed by atoms with van der Waals surface area (Å²) in [6.07, 6.45) is 3.63. The monoisotopic (exact) mass is 277 g/mol. The van der Waals surface area contributed by atoms with E-state index in [1.54, 1.807) is 6.20 Å². The van der Waals surface area contributed by atoms with Crippen molar-refractivity contribution in [2.24, 2.45) is 0 Å². The Labute approximate surface area is 103 Å². The standard InChI is InChI=1S/C12H12BrN3/c1-9-11(4-5-12(13)16-9)15-8-10-3-2-6-14-7-10/h2-7,15H,8H2,1H3. The maximum Gasteiger partial charge on any atom is 0.106 e. The zero-order valence-corrected chi connectivity index (χ0v) is 10.5. The van der Waals surface area contributed by atoms with Crippen LogP contribution in [-0.2, 0) is 6.54 Å². The quantitative estimate of drug-likeness (QED) is 0.876. The van der Waals surface area contributed by atoms with Crippen molar-refractivity contribution in [3.63, 3.8) is 0 Å². The Balaban J connectivity index is 2.05. The van der Waals surface area contributed by atoms with E-state index in [1.165, 1.54) is 0 Å². The van der Waals surface area contributed by atoms with Gasteiger partial charge in [0, 0.05) is 18.9 Å². The van der Waals surface area contributed by atoms with Crippen LogP contribution in [0.4, 0.5) is 5.69 Å². The third-order valence-electron chi connectivity index (χ3n) is 2.26. The van der Waals surface area contributed by atoms with Crippen LogP contribution < -0.4 is 5.32 Å². The molecule has 0 amide bonds. The first-order valence-corrected chi connectivity index (χ1v) is 5.81. The van der Waals surface area contributed by atoms with Crippen LogP contribution in [0.2, 0.25) is 0 Å². The van der Waals surface area contributed by atoms with Gasteiger partial charge in [0.2, 0.25) is 0 Å². The third-order valence-corrected chi connectivity index (χ3v) is 2.70. The molecule has 0 spiro atoms. The number of aromatic nitrogens is 2. The second-order valence-electron chi connectivity index (χ2n) is 3.48. The Kier molecular flexibility index (Phi) is 3.51. The molecule has 0 aliphatic heterocycles. The molecule has 0 saturated heterocycles. The number of hydrogen-bond acceptors (Lipinski definition) is 3. The van der Waals surface area contributed by atoms with Crippen LogP contribution in [-0.4, -0.2) is 9.97 Å². The molecule has 82 valence electrons. The molecule has 0 aliphatic carbocycles. The predicted molar refractivity (Wildman–Crippen MR) is 68.2 cm³/mol. The van der Waals surface area contributed by atoms with Crippen LogP contribution in [0.3, 0.4) is 0 Å². The fraction of sp³-hybridized carbons (Fsp3) is 0.167. The van der Waals surface area contributed by atoms with Crippen LogP contribution in [0.1, 0.15) is 11.3 Å². The summed E-state index contributed by atoms with van der Waals surface area (Å²) in [5, 5.41) is 3.33. The molecule has 0 aromatic carbocycles. The minimum atomic E-state index is 0.762. The van der Waals surface area contributed by atoms with E-state index in [0.717, 1.165) is 28.1 Å². The summed E-state index contributed by atoms with van der Waals surface area (Å²) >= 11 is 3.34. The fourth-order valence-electron chi connectivity index (χ4n) is 1.42. The average molecular weight is 278 g/mol. The van der Waals surface area contributed by atoms with Gasteiger partial charge in [0.15, 0.2) is 0 Å². The SMILES string of the molecule is Cc1nc(Br)ccc1NCc1cccnc1. The number of nitrogens with one attached hydrogen (secondary N) is 1. The van der Waals surface area contributed by atoms with E-state index in [1.807, 2.05) is 37.4 Å². The number of pyridine rings is 2. The van der Waals surface area contributed by atoms with Crippen LogP contribution in [0, 0.1) is 6.92 Å². The van der Waals surface area contributed by atoms with Crippen molar-refractivity contribution in [1.82, 2.24) is 9.97 Å². The van der Waals surface area contributed by atoms with Crippen molar-refractivity contribution in [2.75, 3.05) is 5.32 Å². The van der Waals surface area contributed by atoms with Gasteiger partial charge >= 0.3 is 0 Å². The first-order chi connectivity index (χ1) is 7.75. The average Bonchev–Trinajstić information content (AvgIpc) is 2.29. The number of aryl methyl sites for hydroxylation is 1. The second kappa shape index (κ2) is 5.07. The Morgan fingerprint density at radius 1 is 1.31 bits per heavy atom. The molecule has 2 aromatic heterocycles. The van der Waals surface area contributed by atoms with Gasteiger partial charge in [-0.15, -0.1) is 0 Å². The summed E-state index contributed by atoms with van der Waals surface area (Å²) in [5.74, 6) is 0. The summed E-state index contributed by atoms with van der Waals surface area (Å²) in [6.45, 7) is 2.74. The second-order valence-corrected chi connectivity index (χ2v) is 4.29. The van der Waals surface area contributed by atoms with Gasteiger partial charge in [0.05, 0.1) is 11.4 Å². The fourth-order valence-corrected chi connectivity index (χ4v) is 1.82. The van der Waals surface area contributed by atoms with Crippen molar-refractivity contribution in [2.45, 2.75) is 13.5 Å². The first kappa shape index (κ1) is 11.1. The van der Waals surface area contributed by atoms with Crippen molar-refractivity contribution >= 4 is 21.6 Å². The summed E-state index contributed by atoms with van der Waals surface area (Å²) in [6, 6.07) is 7.92. The molecule has 4 heteroatoms. The summed E-state index contributed by atoms with van der Waals surface area (Å²) in [4.78, 5) is 8.39. The van der Waals surface area contributed by atoms with Gasteiger partial charge in [0.25, 0.3) is 0 Å². The van der Waals surface area contributed by atoms with Gasteiger partial charge in [-0.05, 0) is 46.6 Å². The topological polar surface area (TPSA) is 37.8 Å². The van der Waals surface area contributed by atoms with Crippen LogP contribution >= 0.6 is 15.9 Å². The van der Waals surface area contributed by atoms with E-state index < -0.39 is 0 Å². The molecule has 0 unspecified atom stereocenters. The van der Waals surface area contributed by atoms with E-state index in [2.05, 4.69) is 31.2 Å². The van der Waals surface area contributed by atoms with Crippen molar-refractivity contribution < 1.29 is 0 Å². The molecule has 1 N–H and O–H groups in total. The predicted octanol–water partition coefficient (Wildman–Crippen LogP) is 3.16. The molecule has 2 aromatic rings. The highest BCUT2D eigenvalue weighted by molar-refractivity contribution is 9.10. The highest BCUT2D eigenvalue weighted by atomic mass is 79.9. The van der Waals surface area contributed by atoms with Crippen molar-refractivity contribution in [3.8, 4) is 0 Å². The zero-order valence-electron chi connectivity index (χ0n) is 8.94. The molecule has 0 aliphatic rings. The molecule has 0 fully saturated rings. The third kappa shape index (κ3) is 2.79. The van der Waals surface area contributed by atoms with Gasteiger partial charge in [-0.1, -0.05) is 6.07 Å². The number of rotatable bonds is 3. The van der Waals surface area contributed by atoms with Gasteiger partial charge in [0.1, 0.15) is 4.60 Å². The molecule has 2 rings (SSSR count). The van der Waals surface area contributed by atoms with Gasteiger partial charge in [-0.2, -0.15) is 0 Å². The number of hydrogen-bond donors (Lipinski definition) is 1. The van der Waals surface area contributed by atoms with E-state index in [-0.39, 0.29) is 0 Å². The van der Waals surface area contributed by atoms with Crippen molar-refractivity contribution in [1.29, 1.82) is 0 Å². The molecular formula is C12H12BrN3. The minimum Gasteiger partial charge on any atom is -0.379 e. The Morgan fingerprint density at radius 3 is 2.88 bits per heavy atom. The normalized spacial score (nSPS) is 10.1. The van der Waals surface area contributed by atoms with Gasteiger partial charge < -0.3 is 5.32 Å². The maximum absolute atomic E-state index is 4.32. The lowest BCUT2D eigenvalue weighted by molar-refractivity contribution is 1.08. The van der Waals surface area contributed by atoms with Crippen molar-refractivity contribution in [3.05, 3.63) is 52.5 Å². The molecular weight excluding hydrogens is 266 g/mol. The lowest BCUT2D eigenvalue weighted by Crippen LogP contribution is -2.02. The largest absolute Gasteiger partial charge is 0.379 e. The molecule has 0 saturated carbocycles. The van der Waals surface area contributed by atoms with Gasteiger partial charge in [-0.25, -0.2) is 4.98 Å². The van der Waals surface area contributed by atoms with Crippen LogP contribution in [0.15, 0.2) is 41.3 Å². The highest BCUT2D eigenvalue weighted by Gasteiger charge is 1.99. The summed E-state index contributed by atoms with van der Waals surface area (Å²) < 4.78 is 0.858. The van der Waals surface area contributed by atoms with Gasteiger partial charge in [-0.3, -0.25) is 4.98 Å². The van der Waals surface area contributed by atoms with E-state index in [9.17, 15) is 0 Å². The molecule has 0 atom stereocenters. The zero-order chi connectivity index (χ0) is 11.4. The Bertz CT molecular complexity index is 471. The lowest BCUT2D eigenvalue weighted by Gasteiger charge is -2.08. The lowest BCUT2D eigenvalue weighted by atomic mass is 10.2. The number of halogens is 1. The number of nitrogens with zero attached hydrogens (tertiary/aromatic N) is 2. The highest BCUT2D eigenvalue weighted by Crippen LogP contribution is 2.16. The molecule has 2 heterocycles. The molecule has 0 radical (unpaired) electrons. The maximum atomic E-state index is 4.32. The van der Waals surface area contributed by atoms with Crippen LogP contribution in [0.5, 0.6) is 0 Å². The summed E-state index contributed by atoms with van der Waals surface area (Å²) in [7, 11) is 0. The Hall–Kier alpha value is -1.42. The van der Waals surface area contributed by atoms with E-state index in [4.69, 9.17) is 0 Å². The van der Waals surface area contributed by atoms with Crippen LogP contribution in [0.25, 0.3) is 0 Å². The first-order valence-electron chi connectivity index (χ1n) is 5.01. The number of anilines is 1.